The van der Waals surface area contributed by atoms with Crippen molar-refractivity contribution >= 4 is 23.7 Å². The van der Waals surface area contributed by atoms with Crippen molar-refractivity contribution < 1.29 is 14.4 Å². The lowest BCUT2D eigenvalue weighted by molar-refractivity contribution is -0.128. The molecule has 1 unspecified atom stereocenters. The number of aryl methyl sites for hydroxylation is 2. The van der Waals surface area contributed by atoms with Crippen LogP contribution in [0.2, 0.25) is 0 Å². The van der Waals surface area contributed by atoms with E-state index in [2.05, 4.69) is 38.5 Å². The van der Waals surface area contributed by atoms with Crippen molar-refractivity contribution in [1.82, 2.24) is 25.5 Å². The molecule has 0 spiro atoms. The number of hydrogen-bond acceptors (Lipinski definition) is 6. The summed E-state index contributed by atoms with van der Waals surface area (Å²) >= 11 is 0. The first-order valence-corrected chi connectivity index (χ1v) is 11.1. The van der Waals surface area contributed by atoms with Gasteiger partial charge in [0.2, 0.25) is 0 Å². The number of aromatic nitrogens is 2. The van der Waals surface area contributed by atoms with Gasteiger partial charge < -0.3 is 15.1 Å². The van der Waals surface area contributed by atoms with E-state index < -0.39 is 22.9 Å². The molecule has 0 aromatic carbocycles. The van der Waals surface area contributed by atoms with E-state index in [0.29, 0.717) is 37.4 Å². The molecule has 9 nitrogen and oxygen atoms in total. The summed E-state index contributed by atoms with van der Waals surface area (Å²) in [5.74, 6) is 0.385. The minimum absolute atomic E-state index is 0.153. The summed E-state index contributed by atoms with van der Waals surface area (Å²) in [6.45, 7) is 12.2. The number of nitrogens with one attached hydrogen (secondary N) is 2. The van der Waals surface area contributed by atoms with Crippen LogP contribution in [0.15, 0.2) is 30.6 Å². The first kappa shape index (κ1) is 22.7. The Morgan fingerprint density at radius 2 is 1.73 bits per heavy atom. The number of amides is 4. The van der Waals surface area contributed by atoms with Gasteiger partial charge in [-0.15, -0.1) is 0 Å². The molecule has 0 saturated carbocycles. The van der Waals surface area contributed by atoms with Gasteiger partial charge in [0.1, 0.15) is 11.5 Å². The molecule has 9 heteroatoms. The normalized spacial score (nSPS) is 21.1. The van der Waals surface area contributed by atoms with E-state index in [4.69, 9.17) is 0 Å². The number of anilines is 1. The molecule has 1 atom stereocenters. The highest BCUT2D eigenvalue weighted by atomic mass is 16.2. The Hall–Kier alpha value is -3.49. The molecular weight excluding hydrogens is 420 g/mol. The maximum atomic E-state index is 13.1. The average Bonchev–Trinajstić information content (AvgIpc) is 3.08. The molecule has 4 rings (SSSR count). The van der Waals surface area contributed by atoms with Crippen LogP contribution in [-0.2, 0) is 10.3 Å². The lowest BCUT2D eigenvalue weighted by atomic mass is 9.69. The number of pyridine rings is 2. The number of hydrogen-bond donors (Lipinski definition) is 2. The second kappa shape index (κ2) is 8.13. The van der Waals surface area contributed by atoms with Gasteiger partial charge in [0.25, 0.3) is 11.8 Å². The fourth-order valence-electron chi connectivity index (χ4n) is 4.68. The third kappa shape index (κ3) is 3.92. The van der Waals surface area contributed by atoms with Crippen molar-refractivity contribution in [2.45, 2.75) is 40.2 Å². The Balaban J connectivity index is 1.48. The first-order chi connectivity index (χ1) is 15.5. The Morgan fingerprint density at radius 3 is 2.24 bits per heavy atom. The van der Waals surface area contributed by atoms with Crippen molar-refractivity contribution in [1.29, 1.82) is 0 Å². The van der Waals surface area contributed by atoms with E-state index in [9.17, 15) is 14.4 Å². The van der Waals surface area contributed by atoms with Gasteiger partial charge in [0.15, 0.2) is 5.54 Å². The summed E-state index contributed by atoms with van der Waals surface area (Å²) in [4.78, 5) is 50.6. The lowest BCUT2D eigenvalue weighted by Crippen LogP contribution is -2.54. The standard InChI is InChI=1S/C24H30N6O3/c1-15-12-16(2)19(26-13-15)29-8-10-30(11-9-29)20(31)18-7-6-17(14-25-18)24(23(3,4)5)21(32)27-22(33)28-24/h6-7,12-14H,8-11H2,1-5H3,(H2,27,28,32,33). The Labute approximate surface area is 193 Å². The van der Waals surface area contributed by atoms with E-state index in [1.807, 2.05) is 33.9 Å². The molecule has 2 aliphatic heterocycles. The second-order valence-electron chi connectivity index (χ2n) is 9.77. The van der Waals surface area contributed by atoms with Crippen LogP contribution < -0.4 is 15.5 Å². The van der Waals surface area contributed by atoms with Crippen molar-refractivity contribution in [3.63, 3.8) is 0 Å². The molecule has 0 aliphatic carbocycles. The maximum absolute atomic E-state index is 13.1. The molecule has 2 N–H and O–H groups in total. The summed E-state index contributed by atoms with van der Waals surface area (Å²) in [6, 6.07) is 4.90. The van der Waals surface area contributed by atoms with Gasteiger partial charge in [0.05, 0.1) is 0 Å². The van der Waals surface area contributed by atoms with E-state index in [0.717, 1.165) is 16.9 Å². The van der Waals surface area contributed by atoms with Crippen molar-refractivity contribution in [3.8, 4) is 0 Å². The van der Waals surface area contributed by atoms with E-state index in [-0.39, 0.29) is 5.91 Å². The van der Waals surface area contributed by atoms with Crippen molar-refractivity contribution in [3.05, 3.63) is 53.0 Å². The van der Waals surface area contributed by atoms with Gasteiger partial charge in [-0.2, -0.15) is 0 Å². The highest BCUT2D eigenvalue weighted by Crippen LogP contribution is 2.41. The predicted octanol–water partition coefficient (Wildman–Crippen LogP) is 2.14. The van der Waals surface area contributed by atoms with Crippen LogP contribution in [0.1, 0.15) is 48.0 Å². The molecule has 0 radical (unpaired) electrons. The number of carbonyl (C=O) groups is 3. The fraction of sp³-hybridized carbons (Fsp3) is 0.458. The van der Waals surface area contributed by atoms with Gasteiger partial charge in [0, 0.05) is 44.1 Å². The second-order valence-corrected chi connectivity index (χ2v) is 9.77. The molecule has 174 valence electrons. The molecule has 2 aliphatic rings. The molecule has 2 fully saturated rings. The van der Waals surface area contributed by atoms with Crippen LogP contribution in [0.5, 0.6) is 0 Å². The number of rotatable bonds is 3. The zero-order valence-electron chi connectivity index (χ0n) is 19.7. The van der Waals surface area contributed by atoms with E-state index in [1.165, 1.54) is 6.20 Å². The minimum atomic E-state index is -1.25. The number of carbonyl (C=O) groups excluding carboxylic acids is 3. The smallest absolute Gasteiger partial charge is 0.322 e. The van der Waals surface area contributed by atoms with Crippen LogP contribution in [0.3, 0.4) is 0 Å². The average molecular weight is 451 g/mol. The van der Waals surface area contributed by atoms with Gasteiger partial charge >= 0.3 is 6.03 Å². The maximum Gasteiger partial charge on any atom is 0.322 e. The molecule has 0 bridgehead atoms. The predicted molar refractivity (Wildman–Crippen MR) is 124 cm³/mol. The zero-order chi connectivity index (χ0) is 24.0. The summed E-state index contributed by atoms with van der Waals surface area (Å²) in [5.41, 5.74) is 1.26. The van der Waals surface area contributed by atoms with Crippen molar-refractivity contribution in [2.75, 3.05) is 31.1 Å². The summed E-state index contributed by atoms with van der Waals surface area (Å²) in [7, 11) is 0. The minimum Gasteiger partial charge on any atom is -0.353 e. The molecule has 4 heterocycles. The molecular formula is C24H30N6O3. The zero-order valence-corrected chi connectivity index (χ0v) is 19.7. The number of imide groups is 1. The SMILES string of the molecule is Cc1cnc(N2CCN(C(=O)c3ccc(C4(C(C)(C)C)NC(=O)NC4=O)cn3)CC2)c(C)c1. The molecule has 4 amide bonds. The third-order valence-corrected chi connectivity index (χ3v) is 6.46. The van der Waals surface area contributed by atoms with Gasteiger partial charge in [-0.3, -0.25) is 19.9 Å². The van der Waals surface area contributed by atoms with Crippen LogP contribution in [0.25, 0.3) is 0 Å². The number of nitrogens with zero attached hydrogens (tertiary/aromatic N) is 4. The highest BCUT2D eigenvalue weighted by Gasteiger charge is 2.55. The van der Waals surface area contributed by atoms with Crippen LogP contribution in [0, 0.1) is 19.3 Å². The van der Waals surface area contributed by atoms with Gasteiger partial charge in [-0.1, -0.05) is 32.9 Å². The Kier molecular flexibility index (Phi) is 5.59. The molecule has 33 heavy (non-hydrogen) atoms. The Morgan fingerprint density at radius 1 is 1.03 bits per heavy atom. The lowest BCUT2D eigenvalue weighted by Gasteiger charge is -2.39. The highest BCUT2D eigenvalue weighted by molar-refractivity contribution is 6.08. The fourth-order valence-corrected chi connectivity index (χ4v) is 4.68. The van der Waals surface area contributed by atoms with Crippen LogP contribution >= 0.6 is 0 Å². The summed E-state index contributed by atoms with van der Waals surface area (Å²) in [6.07, 6.45) is 3.38. The van der Waals surface area contributed by atoms with Crippen molar-refractivity contribution in [2.24, 2.45) is 5.41 Å². The first-order valence-electron chi connectivity index (χ1n) is 11.1. The number of urea groups is 1. The monoisotopic (exact) mass is 450 g/mol. The third-order valence-electron chi connectivity index (χ3n) is 6.46. The largest absolute Gasteiger partial charge is 0.353 e. The Bertz CT molecular complexity index is 1100. The molecule has 2 aromatic rings. The summed E-state index contributed by atoms with van der Waals surface area (Å²) in [5, 5.41) is 5.09. The van der Waals surface area contributed by atoms with Crippen LogP contribution in [-0.4, -0.2) is 58.9 Å². The van der Waals surface area contributed by atoms with Gasteiger partial charge in [-0.25, -0.2) is 9.78 Å². The molecule has 2 aromatic heterocycles. The molecule has 2 saturated heterocycles. The number of piperazine rings is 1. The van der Waals surface area contributed by atoms with Gasteiger partial charge in [-0.05, 0) is 36.5 Å². The summed E-state index contributed by atoms with van der Waals surface area (Å²) < 4.78 is 0. The van der Waals surface area contributed by atoms with Crippen LogP contribution in [0.4, 0.5) is 10.6 Å². The van der Waals surface area contributed by atoms with E-state index >= 15 is 0 Å². The topological polar surface area (TPSA) is 108 Å². The van der Waals surface area contributed by atoms with E-state index in [1.54, 1.807) is 17.0 Å². The quantitative estimate of drug-likeness (QED) is 0.694.